The van der Waals surface area contributed by atoms with Gasteiger partial charge in [0, 0.05) is 5.56 Å². The van der Waals surface area contributed by atoms with Gasteiger partial charge >= 0.3 is 0 Å². The van der Waals surface area contributed by atoms with Crippen LogP contribution in [0.1, 0.15) is 21.6 Å². The van der Waals surface area contributed by atoms with E-state index < -0.39 is 0 Å². The first-order valence-electron chi connectivity index (χ1n) is 7.23. The van der Waals surface area contributed by atoms with E-state index >= 15 is 0 Å². The van der Waals surface area contributed by atoms with Crippen molar-refractivity contribution in [3.8, 4) is 11.3 Å². The third kappa shape index (κ3) is 3.71. The maximum atomic E-state index is 12.0. The van der Waals surface area contributed by atoms with Crippen LogP contribution in [0, 0.1) is 6.92 Å². The average Bonchev–Trinajstić information content (AvgIpc) is 3.07. The van der Waals surface area contributed by atoms with Crippen LogP contribution in [0.2, 0.25) is 0 Å². The number of H-pyrrole nitrogens is 1. The summed E-state index contributed by atoms with van der Waals surface area (Å²) in [5.41, 5.74) is 6.62. The number of nitrogens with one attached hydrogen (secondary N) is 2. The molecular weight excluding hydrogens is 288 g/mol. The maximum Gasteiger partial charge on any atom is 0.289 e. The van der Waals surface area contributed by atoms with E-state index in [9.17, 15) is 4.79 Å². The second-order valence-corrected chi connectivity index (χ2v) is 5.14. The Hall–Kier alpha value is -3.21. The quantitative estimate of drug-likeness (QED) is 0.574. The molecule has 0 aliphatic carbocycles. The van der Waals surface area contributed by atoms with Gasteiger partial charge in [0.2, 0.25) is 0 Å². The van der Waals surface area contributed by atoms with E-state index in [0.717, 1.165) is 16.8 Å². The van der Waals surface area contributed by atoms with Crippen molar-refractivity contribution in [1.29, 1.82) is 0 Å². The van der Waals surface area contributed by atoms with Crippen LogP contribution in [0.3, 0.4) is 0 Å². The van der Waals surface area contributed by atoms with E-state index in [2.05, 4.69) is 20.7 Å². The first-order valence-corrected chi connectivity index (χ1v) is 7.23. The van der Waals surface area contributed by atoms with Crippen LogP contribution in [-0.4, -0.2) is 22.3 Å². The molecule has 0 aliphatic rings. The number of hydrogen-bond donors (Lipinski definition) is 2. The fourth-order valence-electron chi connectivity index (χ4n) is 2.07. The number of rotatable bonds is 4. The van der Waals surface area contributed by atoms with Crippen molar-refractivity contribution in [2.24, 2.45) is 5.10 Å². The highest BCUT2D eigenvalue weighted by Gasteiger charge is 2.09. The van der Waals surface area contributed by atoms with Crippen molar-refractivity contribution < 1.29 is 4.79 Å². The van der Waals surface area contributed by atoms with E-state index in [1.165, 1.54) is 5.56 Å². The Morgan fingerprint density at radius 2 is 1.87 bits per heavy atom. The third-order valence-corrected chi connectivity index (χ3v) is 3.35. The molecule has 0 radical (unpaired) electrons. The number of aryl methyl sites for hydroxylation is 1. The van der Waals surface area contributed by atoms with Crippen molar-refractivity contribution in [2.75, 3.05) is 0 Å². The fraction of sp³-hybridized carbons (Fsp3) is 0.0556. The molecular formula is C18H16N4O. The van der Waals surface area contributed by atoms with Gasteiger partial charge in [-0.1, -0.05) is 60.2 Å². The molecule has 5 nitrogen and oxygen atoms in total. The van der Waals surface area contributed by atoms with Gasteiger partial charge in [0.15, 0.2) is 0 Å². The van der Waals surface area contributed by atoms with Crippen molar-refractivity contribution in [1.82, 2.24) is 15.6 Å². The van der Waals surface area contributed by atoms with E-state index in [-0.39, 0.29) is 5.91 Å². The molecule has 0 spiro atoms. The lowest BCUT2D eigenvalue weighted by Gasteiger charge is -1.96. The lowest BCUT2D eigenvalue weighted by Crippen LogP contribution is -2.17. The number of hydrogen-bond acceptors (Lipinski definition) is 3. The summed E-state index contributed by atoms with van der Waals surface area (Å²) >= 11 is 0. The smallest absolute Gasteiger partial charge is 0.272 e. The van der Waals surface area contributed by atoms with Crippen LogP contribution in [-0.2, 0) is 0 Å². The van der Waals surface area contributed by atoms with Gasteiger partial charge in [-0.2, -0.15) is 10.2 Å². The molecule has 1 aromatic heterocycles. The summed E-state index contributed by atoms with van der Waals surface area (Å²) < 4.78 is 0. The number of nitrogens with zero attached hydrogens (tertiary/aromatic N) is 2. The summed E-state index contributed by atoms with van der Waals surface area (Å²) in [5.74, 6) is -0.331. The first-order chi connectivity index (χ1) is 11.2. The topological polar surface area (TPSA) is 70.1 Å². The van der Waals surface area contributed by atoms with Crippen LogP contribution >= 0.6 is 0 Å². The molecule has 2 N–H and O–H groups in total. The molecule has 0 saturated carbocycles. The minimum absolute atomic E-state index is 0.331. The predicted molar refractivity (Wildman–Crippen MR) is 90.3 cm³/mol. The number of aromatic nitrogens is 2. The van der Waals surface area contributed by atoms with Crippen molar-refractivity contribution in [2.45, 2.75) is 6.92 Å². The van der Waals surface area contributed by atoms with E-state index in [1.807, 2.05) is 61.5 Å². The highest BCUT2D eigenvalue weighted by molar-refractivity contribution is 5.94. The van der Waals surface area contributed by atoms with Crippen molar-refractivity contribution in [3.63, 3.8) is 0 Å². The van der Waals surface area contributed by atoms with Gasteiger partial charge in [-0.25, -0.2) is 5.43 Å². The molecule has 1 heterocycles. The first kappa shape index (κ1) is 14.7. The standard InChI is InChI=1S/C18H16N4O/c1-13-7-9-14(10-8-13)12-19-22-18(23)17-11-16(20-21-17)15-5-3-2-4-6-15/h2-12H,1H3,(H,20,21)(H,22,23). The Bertz CT molecular complexity index is 820. The zero-order chi connectivity index (χ0) is 16.1. The minimum atomic E-state index is -0.331. The molecule has 0 fully saturated rings. The Labute approximate surface area is 134 Å². The van der Waals surface area contributed by atoms with Gasteiger partial charge in [0.25, 0.3) is 5.91 Å². The molecule has 1 amide bonds. The number of amides is 1. The monoisotopic (exact) mass is 304 g/mol. The normalized spacial score (nSPS) is 10.8. The lowest BCUT2D eigenvalue weighted by atomic mass is 10.1. The summed E-state index contributed by atoms with van der Waals surface area (Å²) in [5, 5.41) is 10.8. The molecule has 0 unspecified atom stereocenters. The summed E-state index contributed by atoms with van der Waals surface area (Å²) in [6, 6.07) is 19.2. The second kappa shape index (κ2) is 6.70. The SMILES string of the molecule is Cc1ccc(C=NNC(=O)c2cc(-c3ccccc3)n[nH]2)cc1. The van der Waals surface area contributed by atoms with Crippen LogP contribution < -0.4 is 5.43 Å². The van der Waals surface area contributed by atoms with Crippen molar-refractivity contribution in [3.05, 3.63) is 77.5 Å². The number of carbonyl (C=O) groups is 1. The number of aromatic amines is 1. The molecule has 3 aromatic rings. The Morgan fingerprint density at radius 3 is 2.61 bits per heavy atom. The highest BCUT2D eigenvalue weighted by Crippen LogP contribution is 2.16. The van der Waals surface area contributed by atoms with Crippen LogP contribution in [0.15, 0.2) is 65.8 Å². The number of benzene rings is 2. The van der Waals surface area contributed by atoms with Gasteiger partial charge in [0.1, 0.15) is 5.69 Å². The largest absolute Gasteiger partial charge is 0.289 e. The van der Waals surface area contributed by atoms with Crippen LogP contribution in [0.4, 0.5) is 0 Å². The van der Waals surface area contributed by atoms with Crippen molar-refractivity contribution >= 4 is 12.1 Å². The third-order valence-electron chi connectivity index (χ3n) is 3.35. The van der Waals surface area contributed by atoms with E-state index in [4.69, 9.17) is 0 Å². The second-order valence-electron chi connectivity index (χ2n) is 5.14. The van der Waals surface area contributed by atoms with Gasteiger partial charge in [-0.15, -0.1) is 0 Å². The van der Waals surface area contributed by atoms with Crippen LogP contribution in [0.5, 0.6) is 0 Å². The predicted octanol–water partition coefficient (Wildman–Crippen LogP) is 3.15. The molecule has 0 bridgehead atoms. The van der Waals surface area contributed by atoms with Gasteiger partial charge in [-0.3, -0.25) is 9.89 Å². The van der Waals surface area contributed by atoms with Gasteiger partial charge in [-0.05, 0) is 18.6 Å². The molecule has 0 aliphatic heterocycles. The summed E-state index contributed by atoms with van der Waals surface area (Å²) in [6.45, 7) is 2.02. The molecule has 114 valence electrons. The van der Waals surface area contributed by atoms with Gasteiger partial charge in [0.05, 0.1) is 11.9 Å². The Kier molecular flexibility index (Phi) is 4.29. The molecule has 0 saturated heterocycles. The Balaban J connectivity index is 1.65. The zero-order valence-corrected chi connectivity index (χ0v) is 12.7. The zero-order valence-electron chi connectivity index (χ0n) is 12.7. The average molecular weight is 304 g/mol. The van der Waals surface area contributed by atoms with Crippen LogP contribution in [0.25, 0.3) is 11.3 Å². The lowest BCUT2D eigenvalue weighted by molar-refractivity contribution is 0.0950. The van der Waals surface area contributed by atoms with E-state index in [0.29, 0.717) is 5.69 Å². The molecule has 3 rings (SSSR count). The van der Waals surface area contributed by atoms with E-state index in [1.54, 1.807) is 12.3 Å². The highest BCUT2D eigenvalue weighted by atomic mass is 16.2. The Morgan fingerprint density at radius 1 is 1.13 bits per heavy atom. The summed E-state index contributed by atoms with van der Waals surface area (Å²) in [7, 11) is 0. The molecule has 23 heavy (non-hydrogen) atoms. The molecule has 0 atom stereocenters. The minimum Gasteiger partial charge on any atom is -0.272 e. The number of hydrazone groups is 1. The number of carbonyl (C=O) groups excluding carboxylic acids is 1. The van der Waals surface area contributed by atoms with Gasteiger partial charge < -0.3 is 0 Å². The summed E-state index contributed by atoms with van der Waals surface area (Å²) in [4.78, 5) is 12.0. The fourth-order valence-corrected chi connectivity index (χ4v) is 2.07. The molecule has 5 heteroatoms. The molecule has 2 aromatic carbocycles. The maximum absolute atomic E-state index is 12.0. The summed E-state index contributed by atoms with van der Waals surface area (Å²) in [6.07, 6.45) is 1.60.